The lowest BCUT2D eigenvalue weighted by Crippen LogP contribution is -2.06. The minimum absolute atomic E-state index is 0.221. The number of aryl methyl sites for hydroxylation is 1. The van der Waals surface area contributed by atoms with Crippen molar-refractivity contribution in [3.63, 3.8) is 0 Å². The normalized spacial score (nSPS) is 10.9. The fourth-order valence-corrected chi connectivity index (χ4v) is 1.26. The SMILES string of the molecule is Cc1[nH]nc(COCC(C)C)c1C(=O)O. The maximum absolute atomic E-state index is 10.9. The fourth-order valence-electron chi connectivity index (χ4n) is 1.26. The van der Waals surface area contributed by atoms with Crippen molar-refractivity contribution in [2.75, 3.05) is 6.61 Å². The van der Waals surface area contributed by atoms with Crippen LogP contribution in [0.3, 0.4) is 0 Å². The zero-order valence-electron chi connectivity index (χ0n) is 9.20. The molecule has 5 nitrogen and oxygen atoms in total. The number of carboxylic acids is 1. The summed E-state index contributed by atoms with van der Waals surface area (Å²) in [6, 6.07) is 0. The van der Waals surface area contributed by atoms with E-state index in [4.69, 9.17) is 9.84 Å². The number of carbonyl (C=O) groups is 1. The van der Waals surface area contributed by atoms with Gasteiger partial charge in [0.15, 0.2) is 0 Å². The van der Waals surface area contributed by atoms with Crippen LogP contribution in [-0.2, 0) is 11.3 Å². The van der Waals surface area contributed by atoms with Crippen LogP contribution in [-0.4, -0.2) is 27.9 Å². The van der Waals surface area contributed by atoms with Crippen molar-refractivity contribution in [1.29, 1.82) is 0 Å². The number of rotatable bonds is 5. The van der Waals surface area contributed by atoms with Gasteiger partial charge in [0.25, 0.3) is 0 Å². The molecule has 0 bridgehead atoms. The van der Waals surface area contributed by atoms with Gasteiger partial charge >= 0.3 is 5.97 Å². The van der Waals surface area contributed by atoms with Crippen LogP contribution in [0.5, 0.6) is 0 Å². The number of aromatic carboxylic acids is 1. The van der Waals surface area contributed by atoms with Crippen molar-refractivity contribution in [3.8, 4) is 0 Å². The average Bonchev–Trinajstić information content (AvgIpc) is 2.46. The maximum atomic E-state index is 10.9. The summed E-state index contributed by atoms with van der Waals surface area (Å²) < 4.78 is 5.34. The number of aromatic amines is 1. The van der Waals surface area contributed by atoms with Gasteiger partial charge in [-0.3, -0.25) is 5.10 Å². The first-order valence-electron chi connectivity index (χ1n) is 4.87. The summed E-state index contributed by atoms with van der Waals surface area (Å²) in [5.74, 6) is -0.539. The van der Waals surface area contributed by atoms with E-state index in [2.05, 4.69) is 10.2 Å². The van der Waals surface area contributed by atoms with Crippen molar-refractivity contribution in [1.82, 2.24) is 10.2 Å². The molecular weight excluding hydrogens is 196 g/mol. The van der Waals surface area contributed by atoms with Gasteiger partial charge in [-0.2, -0.15) is 5.10 Å². The van der Waals surface area contributed by atoms with Crippen molar-refractivity contribution in [3.05, 3.63) is 17.0 Å². The third-order valence-electron chi connectivity index (χ3n) is 1.93. The molecule has 2 N–H and O–H groups in total. The number of aromatic nitrogens is 2. The number of hydrogen-bond donors (Lipinski definition) is 2. The van der Waals surface area contributed by atoms with Gasteiger partial charge in [0.1, 0.15) is 11.3 Å². The lowest BCUT2D eigenvalue weighted by molar-refractivity contribution is 0.0679. The predicted octanol–water partition coefficient (Wildman–Crippen LogP) is 1.59. The molecule has 0 saturated carbocycles. The summed E-state index contributed by atoms with van der Waals surface area (Å²) in [5, 5.41) is 15.5. The highest BCUT2D eigenvalue weighted by Gasteiger charge is 2.16. The summed E-state index contributed by atoms with van der Waals surface area (Å²) in [6.07, 6.45) is 0. The number of H-pyrrole nitrogens is 1. The third-order valence-corrected chi connectivity index (χ3v) is 1.93. The van der Waals surface area contributed by atoms with Crippen LogP contribution < -0.4 is 0 Å². The molecule has 5 heteroatoms. The highest BCUT2D eigenvalue weighted by Crippen LogP contribution is 2.11. The second-order valence-corrected chi connectivity index (χ2v) is 3.88. The molecule has 1 aromatic rings. The Morgan fingerprint density at radius 2 is 2.27 bits per heavy atom. The summed E-state index contributed by atoms with van der Waals surface area (Å²) >= 11 is 0. The fraction of sp³-hybridized carbons (Fsp3) is 0.600. The molecule has 0 radical (unpaired) electrons. The van der Waals surface area contributed by atoms with Crippen LogP contribution in [0.15, 0.2) is 0 Å². The lowest BCUT2D eigenvalue weighted by atomic mass is 10.2. The molecule has 0 saturated heterocycles. The zero-order valence-corrected chi connectivity index (χ0v) is 9.20. The minimum atomic E-state index is -0.968. The first-order valence-corrected chi connectivity index (χ1v) is 4.87. The highest BCUT2D eigenvalue weighted by atomic mass is 16.5. The van der Waals surface area contributed by atoms with Gasteiger partial charge in [-0.15, -0.1) is 0 Å². The number of hydrogen-bond acceptors (Lipinski definition) is 3. The van der Waals surface area contributed by atoms with E-state index in [-0.39, 0.29) is 12.2 Å². The molecule has 0 aromatic carbocycles. The van der Waals surface area contributed by atoms with Gasteiger partial charge in [0.05, 0.1) is 6.61 Å². The number of nitrogens with zero attached hydrogens (tertiary/aromatic N) is 1. The number of ether oxygens (including phenoxy) is 1. The zero-order chi connectivity index (χ0) is 11.4. The Morgan fingerprint density at radius 3 is 2.80 bits per heavy atom. The van der Waals surface area contributed by atoms with Crippen LogP contribution in [0.1, 0.15) is 35.6 Å². The molecule has 0 atom stereocenters. The smallest absolute Gasteiger partial charge is 0.339 e. The van der Waals surface area contributed by atoms with Crippen molar-refractivity contribution in [2.45, 2.75) is 27.4 Å². The van der Waals surface area contributed by atoms with E-state index in [1.807, 2.05) is 13.8 Å². The first-order chi connectivity index (χ1) is 7.02. The first kappa shape index (κ1) is 11.7. The molecule has 1 heterocycles. The Labute approximate surface area is 88.5 Å². The maximum Gasteiger partial charge on any atom is 0.339 e. The molecule has 0 aliphatic carbocycles. The molecular formula is C10H16N2O3. The summed E-state index contributed by atoms with van der Waals surface area (Å²) in [7, 11) is 0. The summed E-state index contributed by atoms with van der Waals surface area (Å²) in [6.45, 7) is 6.60. The Kier molecular flexibility index (Phi) is 3.85. The average molecular weight is 212 g/mol. The number of carboxylic acid groups (broad SMARTS) is 1. The Balaban J connectivity index is 2.65. The highest BCUT2D eigenvalue weighted by molar-refractivity contribution is 5.90. The van der Waals surface area contributed by atoms with E-state index in [1.165, 1.54) is 0 Å². The van der Waals surface area contributed by atoms with Crippen LogP contribution in [0, 0.1) is 12.8 Å². The van der Waals surface area contributed by atoms with Crippen LogP contribution >= 0.6 is 0 Å². The van der Waals surface area contributed by atoms with E-state index < -0.39 is 5.97 Å². The van der Waals surface area contributed by atoms with Crippen molar-refractivity contribution in [2.24, 2.45) is 5.92 Å². The Hall–Kier alpha value is -1.36. The Morgan fingerprint density at radius 1 is 1.60 bits per heavy atom. The van der Waals surface area contributed by atoms with E-state index in [0.29, 0.717) is 23.9 Å². The summed E-state index contributed by atoms with van der Waals surface area (Å²) in [5.41, 5.74) is 1.24. The molecule has 0 aliphatic rings. The van der Waals surface area contributed by atoms with Gasteiger partial charge < -0.3 is 9.84 Å². The van der Waals surface area contributed by atoms with Gasteiger partial charge in [-0.25, -0.2) is 4.79 Å². The molecule has 0 unspecified atom stereocenters. The van der Waals surface area contributed by atoms with Gasteiger partial charge in [-0.05, 0) is 12.8 Å². The van der Waals surface area contributed by atoms with Crippen LogP contribution in [0.4, 0.5) is 0 Å². The molecule has 0 aliphatic heterocycles. The van der Waals surface area contributed by atoms with E-state index in [9.17, 15) is 4.79 Å². The molecule has 15 heavy (non-hydrogen) atoms. The quantitative estimate of drug-likeness (QED) is 0.777. The van der Waals surface area contributed by atoms with Gasteiger partial charge in [-0.1, -0.05) is 13.8 Å². The van der Waals surface area contributed by atoms with Crippen molar-refractivity contribution >= 4 is 5.97 Å². The van der Waals surface area contributed by atoms with Gasteiger partial charge in [0, 0.05) is 12.3 Å². The standard InChI is InChI=1S/C10H16N2O3/c1-6(2)4-15-5-8-9(10(13)14)7(3)11-12-8/h6H,4-5H2,1-3H3,(H,11,12)(H,13,14). The van der Waals surface area contributed by atoms with E-state index in [0.717, 1.165) is 0 Å². The second-order valence-electron chi connectivity index (χ2n) is 3.88. The lowest BCUT2D eigenvalue weighted by Gasteiger charge is -2.05. The molecule has 0 fully saturated rings. The van der Waals surface area contributed by atoms with E-state index >= 15 is 0 Å². The molecule has 1 rings (SSSR count). The van der Waals surface area contributed by atoms with E-state index in [1.54, 1.807) is 6.92 Å². The monoisotopic (exact) mass is 212 g/mol. The van der Waals surface area contributed by atoms with Crippen LogP contribution in [0.25, 0.3) is 0 Å². The molecule has 0 spiro atoms. The minimum Gasteiger partial charge on any atom is -0.478 e. The largest absolute Gasteiger partial charge is 0.478 e. The van der Waals surface area contributed by atoms with Crippen LogP contribution in [0.2, 0.25) is 0 Å². The summed E-state index contributed by atoms with van der Waals surface area (Å²) in [4.78, 5) is 10.9. The van der Waals surface area contributed by atoms with Crippen molar-refractivity contribution < 1.29 is 14.6 Å². The predicted molar refractivity (Wildman–Crippen MR) is 54.8 cm³/mol. The topological polar surface area (TPSA) is 75.2 Å². The molecule has 0 amide bonds. The number of nitrogens with one attached hydrogen (secondary N) is 1. The molecule has 84 valence electrons. The Bertz CT molecular complexity index is 344. The third kappa shape index (κ3) is 3.06. The molecule has 1 aromatic heterocycles. The second kappa shape index (κ2) is 4.93. The van der Waals surface area contributed by atoms with Gasteiger partial charge in [0.2, 0.25) is 0 Å².